The first kappa shape index (κ1) is 17.2. The molecule has 7 heteroatoms. The summed E-state index contributed by atoms with van der Waals surface area (Å²) in [5.41, 5.74) is 0.361. The summed E-state index contributed by atoms with van der Waals surface area (Å²) < 4.78 is 24.1. The largest absolute Gasteiger partial charge is 0.452 e. The van der Waals surface area contributed by atoms with Gasteiger partial charge in [-0.25, -0.2) is 9.18 Å². The van der Waals surface area contributed by atoms with Crippen LogP contribution < -0.4 is 5.32 Å². The molecule has 2 aromatic rings. The van der Waals surface area contributed by atoms with Gasteiger partial charge in [0.15, 0.2) is 10.4 Å². The van der Waals surface area contributed by atoms with Crippen molar-refractivity contribution in [2.75, 3.05) is 6.61 Å². The third-order valence-electron chi connectivity index (χ3n) is 2.76. The number of amides is 1. The first-order valence-corrected chi connectivity index (χ1v) is 7.73. The molecule has 0 saturated carbocycles. The smallest absolute Gasteiger partial charge is 0.331 e. The maximum absolute atomic E-state index is 13.4. The van der Waals surface area contributed by atoms with Crippen LogP contribution in [0.15, 0.2) is 46.9 Å². The number of rotatable bonds is 6. The Morgan fingerprint density at radius 3 is 2.74 bits per heavy atom. The standard InChI is InChI=1S/C16H13FINO4/c17-13-4-2-1-3-11(13)9-19-15(20)10-22-16(21)8-6-12-5-7-14(18)23-12/h1-8H,9-10H2,(H,19,20)/b8-6+. The lowest BCUT2D eigenvalue weighted by Crippen LogP contribution is -2.28. The molecule has 1 aromatic carbocycles. The van der Waals surface area contributed by atoms with Crippen LogP contribution >= 0.6 is 22.6 Å². The maximum Gasteiger partial charge on any atom is 0.331 e. The van der Waals surface area contributed by atoms with Gasteiger partial charge in [-0.15, -0.1) is 0 Å². The summed E-state index contributed by atoms with van der Waals surface area (Å²) in [6, 6.07) is 9.56. The highest BCUT2D eigenvalue weighted by Crippen LogP contribution is 2.11. The molecule has 0 atom stereocenters. The Morgan fingerprint density at radius 2 is 2.04 bits per heavy atom. The van der Waals surface area contributed by atoms with Crippen molar-refractivity contribution in [3.63, 3.8) is 0 Å². The zero-order chi connectivity index (χ0) is 16.7. The summed E-state index contributed by atoms with van der Waals surface area (Å²) in [5, 5.41) is 2.47. The zero-order valence-electron chi connectivity index (χ0n) is 11.9. The molecule has 0 saturated heterocycles. The third-order valence-corrected chi connectivity index (χ3v) is 3.34. The molecule has 0 bridgehead atoms. The van der Waals surface area contributed by atoms with E-state index in [9.17, 15) is 14.0 Å². The second-order valence-corrected chi connectivity index (χ2v) is 5.51. The number of benzene rings is 1. The molecule has 1 amide bonds. The number of esters is 1. The van der Waals surface area contributed by atoms with Gasteiger partial charge in [0, 0.05) is 18.2 Å². The summed E-state index contributed by atoms with van der Waals surface area (Å²) >= 11 is 2.00. The molecule has 0 aliphatic heterocycles. The summed E-state index contributed by atoms with van der Waals surface area (Å²) in [6.07, 6.45) is 2.61. The highest BCUT2D eigenvalue weighted by atomic mass is 127. The van der Waals surface area contributed by atoms with Crippen LogP contribution in [0.2, 0.25) is 0 Å². The number of hydrogen-bond donors (Lipinski definition) is 1. The van der Waals surface area contributed by atoms with E-state index in [1.54, 1.807) is 30.3 Å². The van der Waals surface area contributed by atoms with Gasteiger partial charge in [-0.2, -0.15) is 0 Å². The molecule has 0 fully saturated rings. The number of carbonyl (C=O) groups is 2. The van der Waals surface area contributed by atoms with Crippen molar-refractivity contribution in [3.8, 4) is 0 Å². The lowest BCUT2D eigenvalue weighted by atomic mass is 10.2. The van der Waals surface area contributed by atoms with Gasteiger partial charge in [0.25, 0.3) is 5.91 Å². The Hall–Kier alpha value is -2.16. The van der Waals surface area contributed by atoms with E-state index >= 15 is 0 Å². The molecule has 2 rings (SSSR count). The molecule has 0 aliphatic carbocycles. The monoisotopic (exact) mass is 429 g/mol. The number of halogens is 2. The van der Waals surface area contributed by atoms with Gasteiger partial charge in [0.2, 0.25) is 0 Å². The Bertz CT molecular complexity index is 726. The van der Waals surface area contributed by atoms with E-state index in [1.807, 2.05) is 22.6 Å². The average Bonchev–Trinajstić information content (AvgIpc) is 2.95. The fourth-order valence-corrected chi connectivity index (χ4v) is 2.07. The van der Waals surface area contributed by atoms with Gasteiger partial charge >= 0.3 is 5.97 Å². The number of ether oxygens (including phenoxy) is 1. The quantitative estimate of drug-likeness (QED) is 0.436. The number of hydrogen-bond acceptors (Lipinski definition) is 4. The summed E-state index contributed by atoms with van der Waals surface area (Å²) in [4.78, 5) is 23.0. The van der Waals surface area contributed by atoms with Crippen LogP contribution in [0, 0.1) is 9.58 Å². The van der Waals surface area contributed by atoms with Gasteiger partial charge < -0.3 is 14.5 Å². The van der Waals surface area contributed by atoms with Gasteiger partial charge in [-0.05, 0) is 46.9 Å². The highest BCUT2D eigenvalue weighted by Gasteiger charge is 2.07. The average molecular weight is 429 g/mol. The van der Waals surface area contributed by atoms with Crippen LogP contribution in [0.25, 0.3) is 6.08 Å². The number of carbonyl (C=O) groups excluding carboxylic acids is 2. The molecule has 120 valence electrons. The number of nitrogens with one attached hydrogen (secondary N) is 1. The highest BCUT2D eigenvalue weighted by molar-refractivity contribution is 14.1. The van der Waals surface area contributed by atoms with E-state index in [0.717, 1.165) is 0 Å². The second-order valence-electron chi connectivity index (χ2n) is 4.45. The predicted octanol–water partition coefficient (Wildman–Crippen LogP) is 2.90. The SMILES string of the molecule is O=C(COC(=O)/C=C/c1ccc(I)o1)NCc1ccccc1F. The Kier molecular flexibility index (Phi) is 6.33. The van der Waals surface area contributed by atoms with E-state index in [2.05, 4.69) is 5.32 Å². The van der Waals surface area contributed by atoms with Gasteiger partial charge in [-0.3, -0.25) is 4.79 Å². The fourth-order valence-electron chi connectivity index (χ4n) is 1.64. The lowest BCUT2D eigenvalue weighted by Gasteiger charge is -2.06. The normalized spacial score (nSPS) is 10.7. The topological polar surface area (TPSA) is 68.5 Å². The first-order chi connectivity index (χ1) is 11.0. The molecule has 0 unspecified atom stereocenters. The van der Waals surface area contributed by atoms with Crippen LogP contribution in [-0.2, 0) is 20.9 Å². The van der Waals surface area contributed by atoms with E-state index in [-0.39, 0.29) is 6.54 Å². The summed E-state index contributed by atoms with van der Waals surface area (Å²) in [5.74, 6) is -1.07. The molecule has 1 aromatic heterocycles. The van der Waals surface area contributed by atoms with Crippen molar-refractivity contribution in [1.29, 1.82) is 0 Å². The Labute approximate surface area is 145 Å². The minimum absolute atomic E-state index is 0.0315. The van der Waals surface area contributed by atoms with Crippen LogP contribution in [0.3, 0.4) is 0 Å². The van der Waals surface area contributed by atoms with Gasteiger partial charge in [0.05, 0.1) is 0 Å². The molecular weight excluding hydrogens is 416 g/mol. The minimum atomic E-state index is -0.669. The second kappa shape index (κ2) is 8.47. The van der Waals surface area contributed by atoms with Gasteiger partial charge in [0.1, 0.15) is 11.6 Å². The van der Waals surface area contributed by atoms with Crippen molar-refractivity contribution >= 4 is 40.5 Å². The van der Waals surface area contributed by atoms with Crippen LogP contribution in [0.1, 0.15) is 11.3 Å². The van der Waals surface area contributed by atoms with E-state index < -0.39 is 24.3 Å². The van der Waals surface area contributed by atoms with Crippen molar-refractivity contribution in [3.05, 3.63) is 63.4 Å². The predicted molar refractivity (Wildman–Crippen MR) is 89.7 cm³/mol. The van der Waals surface area contributed by atoms with Crippen LogP contribution in [0.4, 0.5) is 4.39 Å². The molecule has 0 radical (unpaired) electrons. The van der Waals surface area contributed by atoms with Gasteiger partial charge in [-0.1, -0.05) is 18.2 Å². The molecule has 23 heavy (non-hydrogen) atoms. The van der Waals surface area contributed by atoms with E-state index in [4.69, 9.17) is 9.15 Å². The molecule has 0 spiro atoms. The number of furan rings is 1. The van der Waals surface area contributed by atoms with Crippen molar-refractivity contribution in [1.82, 2.24) is 5.32 Å². The first-order valence-electron chi connectivity index (χ1n) is 6.65. The summed E-state index contributed by atoms with van der Waals surface area (Å²) in [6.45, 7) is -0.406. The zero-order valence-corrected chi connectivity index (χ0v) is 14.1. The van der Waals surface area contributed by atoms with Crippen molar-refractivity contribution < 1.29 is 23.1 Å². The fraction of sp³-hybridized carbons (Fsp3) is 0.125. The molecule has 1 N–H and O–H groups in total. The minimum Gasteiger partial charge on any atom is -0.452 e. The lowest BCUT2D eigenvalue weighted by molar-refractivity contribution is -0.143. The molecule has 0 aliphatic rings. The molecule has 1 heterocycles. The Morgan fingerprint density at radius 1 is 1.26 bits per heavy atom. The van der Waals surface area contributed by atoms with Crippen molar-refractivity contribution in [2.45, 2.75) is 6.54 Å². The van der Waals surface area contributed by atoms with Crippen molar-refractivity contribution in [2.24, 2.45) is 0 Å². The molecular formula is C16H13FINO4. The van der Waals surface area contributed by atoms with E-state index in [0.29, 0.717) is 15.1 Å². The maximum atomic E-state index is 13.4. The van der Waals surface area contributed by atoms with E-state index in [1.165, 1.54) is 18.2 Å². The third kappa shape index (κ3) is 5.85. The van der Waals surface area contributed by atoms with Crippen LogP contribution in [0.5, 0.6) is 0 Å². The summed E-state index contributed by atoms with van der Waals surface area (Å²) in [7, 11) is 0. The Balaban J connectivity index is 1.72. The van der Waals surface area contributed by atoms with Crippen LogP contribution in [-0.4, -0.2) is 18.5 Å². The molecule has 5 nitrogen and oxygen atoms in total.